The van der Waals surface area contributed by atoms with Crippen LogP contribution >= 0.6 is 0 Å². The second-order valence-electron chi connectivity index (χ2n) is 6.68. The van der Waals surface area contributed by atoms with Gasteiger partial charge in [0.2, 0.25) is 0 Å². The number of hydrogen-bond donors (Lipinski definition) is 3. The van der Waals surface area contributed by atoms with Crippen molar-refractivity contribution in [1.29, 1.82) is 0 Å². The lowest BCUT2D eigenvalue weighted by molar-refractivity contribution is -0.161. The number of esters is 3. The minimum atomic E-state index is -1.19. The number of nitrogens with one attached hydrogen (secondary N) is 3. The first-order valence-electron chi connectivity index (χ1n) is 10.8. The van der Waals surface area contributed by atoms with Crippen LogP contribution in [0, 0.1) is 0 Å². The van der Waals surface area contributed by atoms with Crippen molar-refractivity contribution in [2.24, 2.45) is 0 Å². The Morgan fingerprint density at radius 1 is 0.568 bits per heavy atom. The maximum absolute atomic E-state index is 12.1. The third kappa shape index (κ3) is 20.1. The van der Waals surface area contributed by atoms with Gasteiger partial charge in [-0.25, -0.2) is 14.4 Å². The average molecular weight is 539 g/mol. The zero-order valence-electron chi connectivity index (χ0n) is 20.9. The van der Waals surface area contributed by atoms with Crippen LogP contribution in [0.4, 0.5) is 14.4 Å². The van der Waals surface area contributed by atoms with E-state index in [4.69, 9.17) is 14.2 Å². The average Bonchev–Trinajstić information content (AvgIpc) is 2.87. The Hall–Kier alpha value is -3.86. The first-order valence-corrected chi connectivity index (χ1v) is 10.8. The molecule has 0 heterocycles. The lowest BCUT2D eigenvalue weighted by atomic mass is 10.3. The van der Waals surface area contributed by atoms with Crippen molar-refractivity contribution in [3.05, 3.63) is 0 Å². The van der Waals surface area contributed by atoms with Gasteiger partial charge in [-0.15, -0.1) is 0 Å². The van der Waals surface area contributed by atoms with Gasteiger partial charge in [-0.05, 0) is 0 Å². The van der Waals surface area contributed by atoms with Gasteiger partial charge >= 0.3 is 36.2 Å². The predicted molar refractivity (Wildman–Crippen MR) is 119 cm³/mol. The molecule has 0 fully saturated rings. The summed E-state index contributed by atoms with van der Waals surface area (Å²) in [5.74, 6) is -2.15. The summed E-state index contributed by atoms with van der Waals surface area (Å²) in [6, 6.07) is 0. The van der Waals surface area contributed by atoms with E-state index < -0.39 is 55.5 Å². The molecule has 0 aliphatic carbocycles. The van der Waals surface area contributed by atoms with Crippen molar-refractivity contribution in [2.45, 2.75) is 25.4 Å². The van der Waals surface area contributed by atoms with E-state index in [9.17, 15) is 28.8 Å². The minimum Gasteiger partial charge on any atom is -0.462 e. The molecule has 0 aliphatic rings. The SMILES string of the molecule is COCOC(=O)CCNC(=O)OCC(COC(=O)CCNC(=O)OC)OC(=O)CCNC(=O)OCOC. The standard InChI is InChI=1S/C20H33N3O14/c1-30-12-35-16(25)5-8-22-19(28)34-11-14(10-33-15(24)4-7-21-18(27)32-3)37-17(26)6-9-23-20(29)36-13-31-2/h14H,4-13H2,1-3H3,(H,21,27)(H,22,28)(H,23,29). The molecule has 1 atom stereocenters. The predicted octanol–water partition coefficient (Wildman–Crippen LogP) is -0.829. The number of rotatable bonds is 18. The molecule has 3 N–H and O–H groups in total. The second kappa shape index (κ2) is 21.4. The van der Waals surface area contributed by atoms with Gasteiger partial charge in [0, 0.05) is 33.9 Å². The second-order valence-corrected chi connectivity index (χ2v) is 6.68. The molecule has 3 amide bonds. The molecule has 1 unspecified atom stereocenters. The molecule has 0 spiro atoms. The van der Waals surface area contributed by atoms with Crippen LogP contribution < -0.4 is 16.0 Å². The van der Waals surface area contributed by atoms with Crippen LogP contribution in [0.5, 0.6) is 0 Å². The zero-order chi connectivity index (χ0) is 27.9. The van der Waals surface area contributed by atoms with Crippen molar-refractivity contribution < 1.29 is 66.7 Å². The van der Waals surface area contributed by atoms with E-state index in [0.29, 0.717) is 0 Å². The minimum absolute atomic E-state index is 0.0630. The molecule has 212 valence electrons. The van der Waals surface area contributed by atoms with Gasteiger partial charge in [0.15, 0.2) is 19.7 Å². The van der Waals surface area contributed by atoms with Crippen LogP contribution in [0.2, 0.25) is 0 Å². The van der Waals surface area contributed by atoms with Gasteiger partial charge in [-0.2, -0.15) is 0 Å². The van der Waals surface area contributed by atoms with E-state index in [2.05, 4.69) is 39.6 Å². The smallest absolute Gasteiger partial charge is 0.409 e. The van der Waals surface area contributed by atoms with E-state index in [0.717, 1.165) is 7.11 Å². The van der Waals surface area contributed by atoms with E-state index in [-0.39, 0.29) is 52.5 Å². The molecule has 17 nitrogen and oxygen atoms in total. The summed E-state index contributed by atoms with van der Waals surface area (Å²) in [5.41, 5.74) is 0. The molecular weight excluding hydrogens is 506 g/mol. The number of ether oxygens (including phenoxy) is 8. The third-order valence-electron chi connectivity index (χ3n) is 3.76. The van der Waals surface area contributed by atoms with Crippen LogP contribution in [0.15, 0.2) is 0 Å². The number of amides is 3. The molecule has 0 radical (unpaired) electrons. The Morgan fingerprint density at radius 2 is 1.03 bits per heavy atom. The van der Waals surface area contributed by atoms with Gasteiger partial charge in [-0.1, -0.05) is 0 Å². The molecule has 0 aromatic carbocycles. The highest BCUT2D eigenvalue weighted by atomic mass is 16.7. The van der Waals surface area contributed by atoms with Gasteiger partial charge in [-0.3, -0.25) is 14.4 Å². The Balaban J connectivity index is 4.61. The van der Waals surface area contributed by atoms with Crippen molar-refractivity contribution in [3.8, 4) is 0 Å². The number of hydrogen-bond acceptors (Lipinski definition) is 14. The van der Waals surface area contributed by atoms with Crippen molar-refractivity contribution in [1.82, 2.24) is 16.0 Å². The number of alkyl carbamates (subject to hydrolysis) is 3. The molecule has 0 bridgehead atoms. The quantitative estimate of drug-likeness (QED) is 0.110. The summed E-state index contributed by atoms with van der Waals surface area (Å²) >= 11 is 0. The summed E-state index contributed by atoms with van der Waals surface area (Å²) in [7, 11) is 3.83. The monoisotopic (exact) mass is 539 g/mol. The Labute approximate surface area is 212 Å². The highest BCUT2D eigenvalue weighted by Crippen LogP contribution is 2.01. The lowest BCUT2D eigenvalue weighted by Crippen LogP contribution is -2.35. The Morgan fingerprint density at radius 3 is 1.59 bits per heavy atom. The third-order valence-corrected chi connectivity index (χ3v) is 3.76. The number of carbonyl (C=O) groups excluding carboxylic acids is 6. The Kier molecular flexibility index (Phi) is 19.2. The van der Waals surface area contributed by atoms with Crippen LogP contribution in [0.3, 0.4) is 0 Å². The summed E-state index contributed by atoms with van der Waals surface area (Å²) < 4.78 is 37.8. The van der Waals surface area contributed by atoms with E-state index in [1.54, 1.807) is 0 Å². The largest absolute Gasteiger partial charge is 0.462 e. The summed E-state index contributed by atoms with van der Waals surface area (Å²) in [6.07, 6.45) is -4.29. The number of carbonyl (C=O) groups is 6. The molecule has 0 rings (SSSR count). The van der Waals surface area contributed by atoms with E-state index in [1.165, 1.54) is 14.2 Å². The first-order chi connectivity index (χ1) is 17.7. The van der Waals surface area contributed by atoms with Gasteiger partial charge in [0.1, 0.15) is 13.2 Å². The van der Waals surface area contributed by atoms with Crippen LogP contribution in [0.1, 0.15) is 19.3 Å². The van der Waals surface area contributed by atoms with E-state index >= 15 is 0 Å². The van der Waals surface area contributed by atoms with Crippen molar-refractivity contribution >= 4 is 36.2 Å². The molecule has 17 heteroatoms. The van der Waals surface area contributed by atoms with Crippen molar-refractivity contribution in [3.63, 3.8) is 0 Å². The molecule has 0 aromatic heterocycles. The molecular formula is C20H33N3O14. The zero-order valence-corrected chi connectivity index (χ0v) is 20.9. The van der Waals surface area contributed by atoms with E-state index in [1.807, 2.05) is 0 Å². The maximum atomic E-state index is 12.1. The molecule has 0 saturated heterocycles. The van der Waals surface area contributed by atoms with Gasteiger partial charge < -0.3 is 53.8 Å². The summed E-state index contributed by atoms with van der Waals surface area (Å²) in [6.45, 7) is -1.76. The highest BCUT2D eigenvalue weighted by molar-refractivity contribution is 5.73. The summed E-state index contributed by atoms with van der Waals surface area (Å²) in [5, 5.41) is 6.88. The molecule has 0 aromatic rings. The maximum Gasteiger partial charge on any atom is 0.409 e. The normalized spacial score (nSPS) is 10.8. The fourth-order valence-electron chi connectivity index (χ4n) is 2.07. The highest BCUT2D eigenvalue weighted by Gasteiger charge is 2.20. The number of methoxy groups -OCH3 is 3. The lowest BCUT2D eigenvalue weighted by Gasteiger charge is -2.18. The van der Waals surface area contributed by atoms with Crippen LogP contribution in [0.25, 0.3) is 0 Å². The Bertz CT molecular complexity index is 733. The molecule has 0 aliphatic heterocycles. The van der Waals surface area contributed by atoms with Gasteiger partial charge in [0.25, 0.3) is 0 Å². The van der Waals surface area contributed by atoms with Gasteiger partial charge in [0.05, 0.1) is 26.4 Å². The fraction of sp³-hybridized carbons (Fsp3) is 0.700. The molecule has 37 heavy (non-hydrogen) atoms. The fourth-order valence-corrected chi connectivity index (χ4v) is 2.07. The topological polar surface area (TPSA) is 212 Å². The molecule has 0 saturated carbocycles. The van der Waals surface area contributed by atoms with Crippen LogP contribution in [-0.2, 0) is 52.3 Å². The van der Waals surface area contributed by atoms with Crippen molar-refractivity contribution in [2.75, 3.05) is 67.8 Å². The first kappa shape index (κ1) is 33.1. The van der Waals surface area contributed by atoms with Crippen LogP contribution in [-0.4, -0.2) is 110 Å². The summed E-state index contributed by atoms with van der Waals surface area (Å²) in [4.78, 5) is 69.5.